The fourth-order valence-corrected chi connectivity index (χ4v) is 2.58. The smallest absolute Gasteiger partial charge is 0.309 e. The monoisotopic (exact) mass is 354 g/mol. The summed E-state index contributed by atoms with van der Waals surface area (Å²) in [4.78, 5) is 24.0. The normalized spacial score (nSPS) is 11.5. The molecule has 0 aromatic heterocycles. The number of amides is 2. The van der Waals surface area contributed by atoms with E-state index in [4.69, 9.17) is 4.74 Å². The van der Waals surface area contributed by atoms with E-state index in [9.17, 15) is 9.59 Å². The Morgan fingerprint density at radius 2 is 1.58 bits per heavy atom. The lowest BCUT2D eigenvalue weighted by molar-refractivity contribution is -0.139. The van der Waals surface area contributed by atoms with Gasteiger partial charge in [0.05, 0.1) is 13.2 Å². The molecular formula is C21H26N2O3. The van der Waals surface area contributed by atoms with Crippen molar-refractivity contribution in [2.45, 2.75) is 32.7 Å². The highest BCUT2D eigenvalue weighted by Gasteiger charge is 2.16. The summed E-state index contributed by atoms with van der Waals surface area (Å²) in [6.07, 6.45) is 1.62. The standard InChI is InChI=1S/C21H26N2O3/c1-4-16-5-9-18(10-6-16)15(2)23-21(25)20(24)22-14-13-17-7-11-19(26-3)12-8-17/h5-12,15H,4,13-14H2,1-3H3,(H,22,24)(H,23,25). The van der Waals surface area contributed by atoms with Gasteiger partial charge in [-0.1, -0.05) is 43.3 Å². The first kappa shape index (κ1) is 19.5. The van der Waals surface area contributed by atoms with Gasteiger partial charge in [0.15, 0.2) is 0 Å². The van der Waals surface area contributed by atoms with E-state index < -0.39 is 11.8 Å². The number of hydrogen-bond acceptors (Lipinski definition) is 3. The molecule has 0 bridgehead atoms. The lowest BCUT2D eigenvalue weighted by Crippen LogP contribution is -2.41. The first-order valence-electron chi connectivity index (χ1n) is 8.84. The van der Waals surface area contributed by atoms with Crippen LogP contribution in [0.25, 0.3) is 0 Å². The Kier molecular flexibility index (Phi) is 7.21. The molecular weight excluding hydrogens is 328 g/mol. The molecule has 0 saturated carbocycles. The summed E-state index contributed by atoms with van der Waals surface area (Å²) in [5, 5.41) is 5.38. The molecule has 0 spiro atoms. The molecule has 138 valence electrons. The van der Waals surface area contributed by atoms with Crippen molar-refractivity contribution in [1.29, 1.82) is 0 Å². The van der Waals surface area contributed by atoms with Gasteiger partial charge in [-0.2, -0.15) is 0 Å². The Labute approximate surface area is 154 Å². The van der Waals surface area contributed by atoms with E-state index in [0.717, 1.165) is 23.3 Å². The Balaban J connectivity index is 1.77. The third-order valence-electron chi connectivity index (χ3n) is 4.30. The highest BCUT2D eigenvalue weighted by molar-refractivity contribution is 6.35. The highest BCUT2D eigenvalue weighted by Crippen LogP contribution is 2.14. The zero-order chi connectivity index (χ0) is 18.9. The van der Waals surface area contributed by atoms with Gasteiger partial charge in [0.2, 0.25) is 0 Å². The van der Waals surface area contributed by atoms with E-state index in [-0.39, 0.29) is 6.04 Å². The lowest BCUT2D eigenvalue weighted by Gasteiger charge is -2.14. The van der Waals surface area contributed by atoms with E-state index in [0.29, 0.717) is 13.0 Å². The maximum absolute atomic E-state index is 12.0. The first-order valence-corrected chi connectivity index (χ1v) is 8.84. The third kappa shape index (κ3) is 5.62. The van der Waals surface area contributed by atoms with Crippen molar-refractivity contribution in [3.8, 4) is 5.75 Å². The molecule has 2 aromatic carbocycles. The summed E-state index contributed by atoms with van der Waals surface area (Å²) in [5.74, 6) is -0.444. The molecule has 0 aliphatic carbocycles. The van der Waals surface area contributed by atoms with Gasteiger partial charge in [-0.05, 0) is 48.6 Å². The number of ether oxygens (including phenoxy) is 1. The van der Waals surface area contributed by atoms with Crippen LogP contribution in [0.2, 0.25) is 0 Å². The predicted molar refractivity (Wildman–Crippen MR) is 102 cm³/mol. The summed E-state index contributed by atoms with van der Waals surface area (Å²) in [6.45, 7) is 4.36. The third-order valence-corrected chi connectivity index (χ3v) is 4.30. The van der Waals surface area contributed by atoms with Crippen LogP contribution in [0.1, 0.15) is 36.6 Å². The zero-order valence-corrected chi connectivity index (χ0v) is 15.5. The molecule has 2 rings (SSSR count). The number of methoxy groups -OCH3 is 1. The van der Waals surface area contributed by atoms with Crippen molar-refractivity contribution in [1.82, 2.24) is 10.6 Å². The van der Waals surface area contributed by atoms with Gasteiger partial charge in [-0.25, -0.2) is 0 Å². The van der Waals surface area contributed by atoms with Crippen LogP contribution in [-0.4, -0.2) is 25.5 Å². The first-order chi connectivity index (χ1) is 12.5. The molecule has 2 amide bonds. The van der Waals surface area contributed by atoms with Crippen molar-refractivity contribution in [3.05, 3.63) is 65.2 Å². The van der Waals surface area contributed by atoms with Crippen molar-refractivity contribution in [2.75, 3.05) is 13.7 Å². The predicted octanol–water partition coefficient (Wildman–Crippen LogP) is 2.79. The maximum atomic E-state index is 12.0. The molecule has 0 aliphatic heterocycles. The minimum absolute atomic E-state index is 0.222. The van der Waals surface area contributed by atoms with Gasteiger partial charge in [-0.15, -0.1) is 0 Å². The van der Waals surface area contributed by atoms with Crippen LogP contribution in [0.4, 0.5) is 0 Å². The molecule has 2 aromatic rings. The van der Waals surface area contributed by atoms with Crippen LogP contribution in [0, 0.1) is 0 Å². The van der Waals surface area contributed by atoms with Crippen LogP contribution in [0.15, 0.2) is 48.5 Å². The topological polar surface area (TPSA) is 67.4 Å². The highest BCUT2D eigenvalue weighted by atomic mass is 16.5. The van der Waals surface area contributed by atoms with Crippen LogP contribution in [0.3, 0.4) is 0 Å². The minimum Gasteiger partial charge on any atom is -0.497 e. The maximum Gasteiger partial charge on any atom is 0.309 e. The van der Waals surface area contributed by atoms with Crippen LogP contribution in [0.5, 0.6) is 5.75 Å². The number of aryl methyl sites for hydroxylation is 1. The van der Waals surface area contributed by atoms with E-state index >= 15 is 0 Å². The van der Waals surface area contributed by atoms with Crippen molar-refractivity contribution >= 4 is 11.8 Å². The van der Waals surface area contributed by atoms with Gasteiger partial charge >= 0.3 is 11.8 Å². The second kappa shape index (κ2) is 9.61. The molecule has 2 N–H and O–H groups in total. The average Bonchev–Trinajstić information content (AvgIpc) is 2.68. The second-order valence-electron chi connectivity index (χ2n) is 6.14. The van der Waals surface area contributed by atoms with Gasteiger partial charge in [0.1, 0.15) is 5.75 Å². The van der Waals surface area contributed by atoms with Gasteiger partial charge < -0.3 is 15.4 Å². The van der Waals surface area contributed by atoms with Gasteiger partial charge in [-0.3, -0.25) is 9.59 Å². The van der Waals surface area contributed by atoms with E-state index in [1.165, 1.54) is 5.56 Å². The molecule has 0 radical (unpaired) electrons. The Morgan fingerprint density at radius 1 is 0.962 bits per heavy atom. The van der Waals surface area contributed by atoms with Crippen molar-refractivity contribution < 1.29 is 14.3 Å². The SMILES string of the molecule is CCc1ccc(C(C)NC(=O)C(=O)NCCc2ccc(OC)cc2)cc1. The molecule has 0 saturated heterocycles. The summed E-state index contributed by atoms with van der Waals surface area (Å²) in [6, 6.07) is 15.4. The lowest BCUT2D eigenvalue weighted by atomic mass is 10.1. The number of hydrogen-bond donors (Lipinski definition) is 2. The van der Waals surface area contributed by atoms with E-state index in [1.54, 1.807) is 7.11 Å². The quantitative estimate of drug-likeness (QED) is 0.752. The van der Waals surface area contributed by atoms with Crippen LogP contribution >= 0.6 is 0 Å². The fraction of sp³-hybridized carbons (Fsp3) is 0.333. The molecule has 0 heterocycles. The molecule has 26 heavy (non-hydrogen) atoms. The fourth-order valence-electron chi connectivity index (χ4n) is 2.58. The second-order valence-corrected chi connectivity index (χ2v) is 6.14. The molecule has 1 atom stereocenters. The number of carbonyl (C=O) groups excluding carboxylic acids is 2. The Hall–Kier alpha value is -2.82. The molecule has 0 aliphatic rings. The number of benzene rings is 2. The Bertz CT molecular complexity index is 724. The van der Waals surface area contributed by atoms with E-state index in [1.807, 2.05) is 55.5 Å². The molecule has 1 unspecified atom stereocenters. The Morgan fingerprint density at radius 3 is 2.15 bits per heavy atom. The zero-order valence-electron chi connectivity index (χ0n) is 15.5. The number of nitrogens with one attached hydrogen (secondary N) is 2. The minimum atomic E-state index is -0.619. The van der Waals surface area contributed by atoms with Crippen LogP contribution < -0.4 is 15.4 Å². The summed E-state index contributed by atoms with van der Waals surface area (Å²) >= 11 is 0. The van der Waals surface area contributed by atoms with E-state index in [2.05, 4.69) is 17.6 Å². The van der Waals surface area contributed by atoms with Gasteiger partial charge in [0.25, 0.3) is 0 Å². The van der Waals surface area contributed by atoms with Crippen molar-refractivity contribution in [2.24, 2.45) is 0 Å². The largest absolute Gasteiger partial charge is 0.497 e. The van der Waals surface area contributed by atoms with Gasteiger partial charge in [0, 0.05) is 6.54 Å². The van der Waals surface area contributed by atoms with Crippen LogP contribution in [-0.2, 0) is 22.4 Å². The molecule has 5 heteroatoms. The summed E-state index contributed by atoms with van der Waals surface area (Å²) in [7, 11) is 1.62. The molecule has 5 nitrogen and oxygen atoms in total. The molecule has 0 fully saturated rings. The number of rotatable bonds is 7. The summed E-state index contributed by atoms with van der Waals surface area (Å²) in [5.41, 5.74) is 3.28. The number of carbonyl (C=O) groups is 2. The average molecular weight is 354 g/mol. The van der Waals surface area contributed by atoms with Crippen molar-refractivity contribution in [3.63, 3.8) is 0 Å². The summed E-state index contributed by atoms with van der Waals surface area (Å²) < 4.78 is 5.11.